The molecule has 3 N–H and O–H groups in total. The predicted octanol–water partition coefficient (Wildman–Crippen LogP) is 8.61. The van der Waals surface area contributed by atoms with E-state index in [4.69, 9.17) is 4.74 Å². The van der Waals surface area contributed by atoms with Gasteiger partial charge in [-0.2, -0.15) is 0 Å². The first-order valence-electron chi connectivity index (χ1n) is 16.1. The third-order valence-electron chi connectivity index (χ3n) is 7.73. The second-order valence-corrected chi connectivity index (χ2v) is 13.4. The molecule has 6 aromatic rings. The van der Waals surface area contributed by atoms with Crippen LogP contribution in [-0.2, 0) is 9.59 Å². The summed E-state index contributed by atoms with van der Waals surface area (Å²) >= 11 is 2.54. The Hall–Kier alpha value is -6.57. The monoisotopic (exact) mass is 741 g/mol. The van der Waals surface area contributed by atoms with Crippen molar-refractivity contribution in [1.29, 1.82) is 0 Å². The number of carbonyl (C=O) groups is 3. The molecule has 0 aliphatic rings. The first kappa shape index (κ1) is 36.2. The highest BCUT2D eigenvalue weighted by molar-refractivity contribution is 8.00. The fraction of sp³-hybridized carbons (Fsp3) is 0.0500. The molecule has 0 saturated carbocycles. The number of non-ortho nitro benzene ring substituents is 1. The van der Waals surface area contributed by atoms with Gasteiger partial charge in [0, 0.05) is 39.2 Å². The average Bonchev–Trinajstić information content (AvgIpc) is 3.66. The molecule has 3 amide bonds. The number of carbonyl (C=O) groups excluding carboxylic acids is 3. The molecule has 1 unspecified atom stereocenters. The van der Waals surface area contributed by atoms with E-state index in [0.717, 1.165) is 10.5 Å². The maximum Gasteiger partial charge on any atom is 0.272 e. The number of rotatable bonds is 13. The molecule has 1 aromatic heterocycles. The number of thiazole rings is 1. The minimum absolute atomic E-state index is 0.0298. The Kier molecular flexibility index (Phi) is 11.7. The summed E-state index contributed by atoms with van der Waals surface area (Å²) in [5.41, 5.74) is 3.35. The first-order chi connectivity index (χ1) is 25.7. The Morgan fingerprint density at radius 2 is 1.57 bits per heavy atom. The number of hydrogen-bond donors (Lipinski definition) is 3. The van der Waals surface area contributed by atoms with Gasteiger partial charge in [0.25, 0.3) is 17.5 Å². The summed E-state index contributed by atoms with van der Waals surface area (Å²) < 4.78 is 5.32. The molecule has 1 atom stereocenters. The van der Waals surface area contributed by atoms with Gasteiger partial charge in [-0.1, -0.05) is 72.8 Å². The van der Waals surface area contributed by atoms with Crippen LogP contribution in [-0.4, -0.2) is 34.7 Å². The number of amides is 3. The van der Waals surface area contributed by atoms with Crippen LogP contribution in [0.15, 0.2) is 149 Å². The van der Waals surface area contributed by atoms with Crippen molar-refractivity contribution in [3.8, 4) is 17.0 Å². The van der Waals surface area contributed by atoms with Crippen molar-refractivity contribution < 1.29 is 24.0 Å². The predicted molar refractivity (Wildman–Crippen MR) is 208 cm³/mol. The summed E-state index contributed by atoms with van der Waals surface area (Å²) in [7, 11) is 1.55. The normalized spacial score (nSPS) is 11.6. The number of thioether (sulfide) groups is 1. The second kappa shape index (κ2) is 17.1. The van der Waals surface area contributed by atoms with Gasteiger partial charge in [-0.25, -0.2) is 4.98 Å². The van der Waals surface area contributed by atoms with Crippen LogP contribution in [0, 0.1) is 10.1 Å². The van der Waals surface area contributed by atoms with Crippen molar-refractivity contribution in [2.24, 2.45) is 0 Å². The lowest BCUT2D eigenvalue weighted by Crippen LogP contribution is -2.30. The third kappa shape index (κ3) is 9.61. The van der Waals surface area contributed by atoms with Crippen LogP contribution >= 0.6 is 23.1 Å². The molecule has 0 aliphatic heterocycles. The zero-order valence-electron chi connectivity index (χ0n) is 28.1. The highest BCUT2D eigenvalue weighted by Crippen LogP contribution is 2.37. The van der Waals surface area contributed by atoms with E-state index in [-0.39, 0.29) is 17.3 Å². The van der Waals surface area contributed by atoms with E-state index >= 15 is 0 Å². The lowest BCUT2D eigenvalue weighted by Gasteiger charge is -2.17. The quantitative estimate of drug-likeness (QED) is 0.0461. The van der Waals surface area contributed by atoms with Gasteiger partial charge < -0.3 is 20.7 Å². The highest BCUT2D eigenvalue weighted by Gasteiger charge is 2.24. The van der Waals surface area contributed by atoms with E-state index in [2.05, 4.69) is 20.9 Å². The molecule has 0 aliphatic carbocycles. The van der Waals surface area contributed by atoms with Gasteiger partial charge >= 0.3 is 0 Å². The largest absolute Gasteiger partial charge is 0.497 e. The Morgan fingerprint density at radius 1 is 0.849 bits per heavy atom. The van der Waals surface area contributed by atoms with E-state index in [9.17, 15) is 24.5 Å². The van der Waals surface area contributed by atoms with E-state index < -0.39 is 22.0 Å². The van der Waals surface area contributed by atoms with Crippen molar-refractivity contribution in [3.05, 3.63) is 171 Å². The summed E-state index contributed by atoms with van der Waals surface area (Å²) in [6, 6.07) is 38.2. The number of ether oxygens (including phenoxy) is 1. The van der Waals surface area contributed by atoms with Crippen LogP contribution < -0.4 is 20.7 Å². The Bertz CT molecular complexity index is 2280. The summed E-state index contributed by atoms with van der Waals surface area (Å²) in [6.07, 6.45) is 1.57. The molecule has 1 heterocycles. The van der Waals surface area contributed by atoms with Crippen molar-refractivity contribution >= 4 is 63.4 Å². The molecule has 0 spiro atoms. The Balaban J connectivity index is 1.17. The van der Waals surface area contributed by atoms with Crippen molar-refractivity contribution in [2.75, 3.05) is 17.7 Å². The summed E-state index contributed by atoms with van der Waals surface area (Å²) in [5.74, 6) is -0.683. The summed E-state index contributed by atoms with van der Waals surface area (Å²) in [4.78, 5) is 56.4. The number of nitrogens with zero attached hydrogens (tertiary/aromatic N) is 2. The zero-order chi connectivity index (χ0) is 37.2. The Morgan fingerprint density at radius 3 is 2.28 bits per heavy atom. The van der Waals surface area contributed by atoms with Gasteiger partial charge in [-0.15, -0.1) is 23.1 Å². The lowest BCUT2D eigenvalue weighted by molar-refractivity contribution is -0.384. The van der Waals surface area contributed by atoms with Gasteiger partial charge in [-0.05, 0) is 65.7 Å². The van der Waals surface area contributed by atoms with Gasteiger partial charge in [0.05, 0.1) is 17.7 Å². The number of methoxy groups -OCH3 is 1. The minimum Gasteiger partial charge on any atom is -0.497 e. The van der Waals surface area contributed by atoms with Crippen molar-refractivity contribution in [2.45, 2.75) is 10.1 Å². The molecule has 264 valence electrons. The van der Waals surface area contributed by atoms with E-state index in [1.54, 1.807) is 110 Å². The van der Waals surface area contributed by atoms with Crippen molar-refractivity contribution in [1.82, 2.24) is 10.3 Å². The number of aromatic nitrogens is 1. The van der Waals surface area contributed by atoms with Gasteiger partial charge in [-0.3, -0.25) is 24.5 Å². The second-order valence-electron chi connectivity index (χ2n) is 11.4. The summed E-state index contributed by atoms with van der Waals surface area (Å²) in [6.45, 7) is 0. The molecule has 11 nitrogen and oxygen atoms in total. The number of nitro groups is 1. The Labute approximate surface area is 312 Å². The van der Waals surface area contributed by atoms with Crippen LogP contribution in [0.5, 0.6) is 5.75 Å². The molecular weight excluding hydrogens is 711 g/mol. The summed E-state index contributed by atoms with van der Waals surface area (Å²) in [5, 5.41) is 21.2. The van der Waals surface area contributed by atoms with E-state index in [1.807, 2.05) is 30.3 Å². The maximum absolute atomic E-state index is 13.7. The van der Waals surface area contributed by atoms with Crippen LogP contribution in [0.3, 0.4) is 0 Å². The number of hydrogen-bond acceptors (Lipinski definition) is 9. The van der Waals surface area contributed by atoms with Gasteiger partial charge in [0.2, 0.25) is 5.91 Å². The smallest absolute Gasteiger partial charge is 0.272 e. The van der Waals surface area contributed by atoms with Gasteiger partial charge in [0.1, 0.15) is 16.7 Å². The molecular formula is C40H31N5O6S2. The van der Waals surface area contributed by atoms with Crippen LogP contribution in [0.1, 0.15) is 26.7 Å². The first-order valence-corrected chi connectivity index (χ1v) is 17.9. The fourth-order valence-electron chi connectivity index (χ4n) is 5.11. The molecule has 0 bridgehead atoms. The maximum atomic E-state index is 13.7. The van der Waals surface area contributed by atoms with E-state index in [1.165, 1.54) is 35.2 Å². The molecule has 53 heavy (non-hydrogen) atoms. The molecule has 0 radical (unpaired) electrons. The minimum atomic E-state index is -0.660. The zero-order valence-corrected chi connectivity index (χ0v) is 29.7. The molecule has 6 rings (SSSR count). The molecule has 13 heteroatoms. The van der Waals surface area contributed by atoms with Crippen LogP contribution in [0.25, 0.3) is 17.3 Å². The van der Waals surface area contributed by atoms with E-state index in [0.29, 0.717) is 39.0 Å². The molecule has 0 saturated heterocycles. The van der Waals surface area contributed by atoms with Crippen molar-refractivity contribution in [3.63, 3.8) is 0 Å². The SMILES string of the molecule is COc1cccc(/C=C(\NC(=O)c2ccccc2)C(=O)Nc2ccc(SC(C(=O)Nc3nc(-c4cccc([N+](=O)[O-])c4)cs3)c3ccccc3)cc2)c1. The average molecular weight is 742 g/mol. The lowest BCUT2D eigenvalue weighted by atomic mass is 10.1. The number of nitro benzene ring substituents is 1. The highest BCUT2D eigenvalue weighted by atomic mass is 32.2. The topological polar surface area (TPSA) is 153 Å². The number of benzene rings is 5. The molecule has 0 fully saturated rings. The number of nitrogens with one attached hydrogen (secondary N) is 3. The van der Waals surface area contributed by atoms with Gasteiger partial charge in [0.15, 0.2) is 5.13 Å². The number of anilines is 2. The van der Waals surface area contributed by atoms with Crippen LogP contribution in [0.4, 0.5) is 16.5 Å². The molecule has 5 aromatic carbocycles. The fourth-order valence-corrected chi connectivity index (χ4v) is 6.85. The third-order valence-corrected chi connectivity index (χ3v) is 9.75. The van der Waals surface area contributed by atoms with Crippen LogP contribution in [0.2, 0.25) is 0 Å². The standard InChI is InChI=1S/C40H31N5O6S2/c1-51-32-17-8-10-26(22-32)23-34(42-37(46)28-13-6-3-7-14-28)38(47)41-30-18-20-33(21-19-30)53-36(27-11-4-2-5-12-27)39(48)44-40-43-35(25-52-40)29-15-9-16-31(24-29)45(49)50/h2-25,36H,1H3,(H,41,47)(H,42,46)(H,43,44,48)/b34-23-.